The zero-order valence-corrected chi connectivity index (χ0v) is 12.4. The van der Waals surface area contributed by atoms with Crippen molar-refractivity contribution in [1.82, 2.24) is 4.90 Å². The minimum atomic E-state index is 0.0348. The zero-order chi connectivity index (χ0) is 13.9. The number of likely N-dealkylation sites (N-methyl/N-ethyl adjacent to an activating group) is 1. The standard InChI is InChI=1S/C13H30N2O3/c1-5-15(13(2,3)12-14)6-7-17-10-11-18-9-8-16-4/h5-12,14H2,1-4H3. The minimum Gasteiger partial charge on any atom is -0.382 e. The van der Waals surface area contributed by atoms with E-state index in [1.165, 1.54) is 0 Å². The number of rotatable bonds is 12. The molecule has 0 bridgehead atoms. The molecular weight excluding hydrogens is 232 g/mol. The Balaban J connectivity index is 3.52. The zero-order valence-electron chi connectivity index (χ0n) is 12.4. The Morgan fingerprint density at radius 3 is 2.06 bits per heavy atom. The number of nitrogens with zero attached hydrogens (tertiary/aromatic N) is 1. The summed E-state index contributed by atoms with van der Waals surface area (Å²) in [6.45, 7) is 12.2. The van der Waals surface area contributed by atoms with Crippen molar-refractivity contribution in [3.05, 3.63) is 0 Å². The summed E-state index contributed by atoms with van der Waals surface area (Å²) >= 11 is 0. The summed E-state index contributed by atoms with van der Waals surface area (Å²) in [6, 6.07) is 0. The molecule has 0 unspecified atom stereocenters. The molecule has 0 fully saturated rings. The summed E-state index contributed by atoms with van der Waals surface area (Å²) in [4.78, 5) is 2.33. The molecule has 110 valence electrons. The predicted molar refractivity (Wildman–Crippen MR) is 73.9 cm³/mol. The third kappa shape index (κ3) is 8.00. The molecule has 0 spiro atoms. The average Bonchev–Trinajstić information content (AvgIpc) is 2.36. The monoisotopic (exact) mass is 262 g/mol. The Morgan fingerprint density at radius 2 is 1.56 bits per heavy atom. The van der Waals surface area contributed by atoms with E-state index in [0.717, 1.165) is 13.1 Å². The maximum Gasteiger partial charge on any atom is 0.0701 e. The molecule has 2 N–H and O–H groups in total. The van der Waals surface area contributed by atoms with E-state index < -0.39 is 0 Å². The SMILES string of the molecule is CCN(CCOCCOCCOC)C(C)(C)CN. The van der Waals surface area contributed by atoms with Crippen molar-refractivity contribution in [2.24, 2.45) is 5.73 Å². The molecule has 0 aliphatic rings. The molecule has 0 rings (SSSR count). The van der Waals surface area contributed by atoms with Crippen LogP contribution in [0.2, 0.25) is 0 Å². The van der Waals surface area contributed by atoms with Crippen LogP contribution in [0.1, 0.15) is 20.8 Å². The molecule has 5 nitrogen and oxygen atoms in total. The van der Waals surface area contributed by atoms with Gasteiger partial charge in [0, 0.05) is 25.7 Å². The Hall–Kier alpha value is -0.200. The smallest absolute Gasteiger partial charge is 0.0701 e. The van der Waals surface area contributed by atoms with Gasteiger partial charge in [0.15, 0.2) is 0 Å². The van der Waals surface area contributed by atoms with Crippen molar-refractivity contribution >= 4 is 0 Å². The second kappa shape index (κ2) is 10.7. The van der Waals surface area contributed by atoms with E-state index in [9.17, 15) is 0 Å². The van der Waals surface area contributed by atoms with Gasteiger partial charge in [-0.15, -0.1) is 0 Å². The molecule has 0 aliphatic carbocycles. The molecule has 0 aromatic heterocycles. The second-order valence-electron chi connectivity index (χ2n) is 4.81. The van der Waals surface area contributed by atoms with Crippen LogP contribution in [0.3, 0.4) is 0 Å². The molecule has 0 atom stereocenters. The van der Waals surface area contributed by atoms with Crippen LogP contribution in [0.25, 0.3) is 0 Å². The summed E-state index contributed by atoms with van der Waals surface area (Å²) in [7, 11) is 1.67. The van der Waals surface area contributed by atoms with Gasteiger partial charge >= 0.3 is 0 Å². The third-order valence-electron chi connectivity index (χ3n) is 3.05. The van der Waals surface area contributed by atoms with E-state index >= 15 is 0 Å². The molecule has 0 aromatic rings. The summed E-state index contributed by atoms with van der Waals surface area (Å²) in [5.41, 5.74) is 5.80. The maximum absolute atomic E-state index is 5.77. The number of hydrogen-bond donors (Lipinski definition) is 1. The van der Waals surface area contributed by atoms with Gasteiger partial charge < -0.3 is 19.9 Å². The largest absolute Gasteiger partial charge is 0.382 e. The summed E-state index contributed by atoms with van der Waals surface area (Å²) in [5, 5.41) is 0. The van der Waals surface area contributed by atoms with Gasteiger partial charge in [-0.1, -0.05) is 6.92 Å². The van der Waals surface area contributed by atoms with E-state index in [0.29, 0.717) is 39.6 Å². The second-order valence-corrected chi connectivity index (χ2v) is 4.81. The van der Waals surface area contributed by atoms with Crippen LogP contribution in [0.15, 0.2) is 0 Å². The lowest BCUT2D eigenvalue weighted by molar-refractivity contribution is 0.0118. The van der Waals surface area contributed by atoms with Crippen molar-refractivity contribution in [1.29, 1.82) is 0 Å². The van der Waals surface area contributed by atoms with Gasteiger partial charge in [-0.3, -0.25) is 4.90 Å². The summed E-state index contributed by atoms with van der Waals surface area (Å²) in [6.07, 6.45) is 0. The molecule has 18 heavy (non-hydrogen) atoms. The fourth-order valence-electron chi connectivity index (χ4n) is 1.66. The van der Waals surface area contributed by atoms with Gasteiger partial charge in [0.2, 0.25) is 0 Å². The van der Waals surface area contributed by atoms with Crippen molar-refractivity contribution in [2.45, 2.75) is 26.3 Å². The molecule has 0 aromatic carbocycles. The van der Waals surface area contributed by atoms with E-state index in [1.807, 2.05) is 0 Å². The first-order valence-corrected chi connectivity index (χ1v) is 6.68. The van der Waals surface area contributed by atoms with Crippen LogP contribution in [0.4, 0.5) is 0 Å². The molecule has 0 heterocycles. The van der Waals surface area contributed by atoms with Crippen molar-refractivity contribution in [3.63, 3.8) is 0 Å². The van der Waals surface area contributed by atoms with Gasteiger partial charge in [0.25, 0.3) is 0 Å². The van der Waals surface area contributed by atoms with Crippen LogP contribution >= 0.6 is 0 Å². The van der Waals surface area contributed by atoms with Gasteiger partial charge in [-0.25, -0.2) is 0 Å². The summed E-state index contributed by atoms with van der Waals surface area (Å²) < 4.78 is 15.7. The topological polar surface area (TPSA) is 57.0 Å². The van der Waals surface area contributed by atoms with Gasteiger partial charge in [-0.2, -0.15) is 0 Å². The number of ether oxygens (including phenoxy) is 3. The lowest BCUT2D eigenvalue weighted by Crippen LogP contribution is -2.50. The van der Waals surface area contributed by atoms with Crippen LogP contribution < -0.4 is 5.73 Å². The van der Waals surface area contributed by atoms with Gasteiger partial charge in [0.05, 0.1) is 33.0 Å². The van der Waals surface area contributed by atoms with Crippen molar-refractivity contribution in [3.8, 4) is 0 Å². The van der Waals surface area contributed by atoms with Gasteiger partial charge in [0.1, 0.15) is 0 Å². The third-order valence-corrected chi connectivity index (χ3v) is 3.05. The van der Waals surface area contributed by atoms with Crippen LogP contribution in [0.5, 0.6) is 0 Å². The Bertz CT molecular complexity index is 189. The lowest BCUT2D eigenvalue weighted by Gasteiger charge is -2.36. The molecule has 0 saturated heterocycles. The minimum absolute atomic E-state index is 0.0348. The fraction of sp³-hybridized carbons (Fsp3) is 1.00. The number of nitrogens with two attached hydrogens (primary N) is 1. The molecule has 0 radical (unpaired) electrons. The molecule has 5 heteroatoms. The quantitative estimate of drug-likeness (QED) is 0.525. The Labute approximate surface area is 112 Å². The molecule has 0 saturated carbocycles. The summed E-state index contributed by atoms with van der Waals surface area (Å²) in [5.74, 6) is 0. The molecule has 0 aliphatic heterocycles. The van der Waals surface area contributed by atoms with E-state index in [1.54, 1.807) is 7.11 Å². The number of methoxy groups -OCH3 is 1. The lowest BCUT2D eigenvalue weighted by atomic mass is 10.0. The predicted octanol–water partition coefficient (Wildman–Crippen LogP) is 0.725. The highest BCUT2D eigenvalue weighted by Gasteiger charge is 2.22. The molecular formula is C13H30N2O3. The van der Waals surface area contributed by atoms with E-state index in [2.05, 4.69) is 25.7 Å². The first-order chi connectivity index (χ1) is 8.58. The highest BCUT2D eigenvalue weighted by Crippen LogP contribution is 2.11. The van der Waals surface area contributed by atoms with E-state index in [-0.39, 0.29) is 5.54 Å². The van der Waals surface area contributed by atoms with Crippen molar-refractivity contribution < 1.29 is 14.2 Å². The molecule has 0 amide bonds. The average molecular weight is 262 g/mol. The fourth-order valence-corrected chi connectivity index (χ4v) is 1.66. The van der Waals surface area contributed by atoms with Crippen molar-refractivity contribution in [2.75, 3.05) is 59.8 Å². The van der Waals surface area contributed by atoms with Crippen LogP contribution in [-0.4, -0.2) is 70.2 Å². The normalized spacial score (nSPS) is 12.3. The van der Waals surface area contributed by atoms with Crippen LogP contribution in [-0.2, 0) is 14.2 Å². The Kier molecular flexibility index (Phi) is 10.6. The first-order valence-electron chi connectivity index (χ1n) is 6.68. The first kappa shape index (κ1) is 17.8. The Morgan fingerprint density at radius 1 is 1.00 bits per heavy atom. The van der Waals surface area contributed by atoms with Crippen LogP contribution in [0, 0.1) is 0 Å². The maximum atomic E-state index is 5.77. The van der Waals surface area contributed by atoms with Gasteiger partial charge in [-0.05, 0) is 20.4 Å². The number of hydrogen-bond acceptors (Lipinski definition) is 5. The van der Waals surface area contributed by atoms with E-state index in [4.69, 9.17) is 19.9 Å². The highest BCUT2D eigenvalue weighted by atomic mass is 16.5. The highest BCUT2D eigenvalue weighted by molar-refractivity contribution is 4.81.